The molecule has 0 bridgehead atoms. The van der Waals surface area contributed by atoms with Crippen molar-refractivity contribution in [3.63, 3.8) is 0 Å². The lowest BCUT2D eigenvalue weighted by atomic mass is 10.1. The van der Waals surface area contributed by atoms with Crippen molar-refractivity contribution in [3.8, 4) is 6.07 Å². The molecule has 0 fully saturated rings. The first-order valence-corrected chi connectivity index (χ1v) is 12.5. The van der Waals surface area contributed by atoms with Crippen molar-refractivity contribution < 1.29 is 14.3 Å². The summed E-state index contributed by atoms with van der Waals surface area (Å²) >= 11 is 0. The minimum atomic E-state index is -0.624. The molecule has 2 rings (SSSR count). The molecule has 0 radical (unpaired) electrons. The van der Waals surface area contributed by atoms with Gasteiger partial charge in [-0.3, -0.25) is 19.8 Å². The summed E-state index contributed by atoms with van der Waals surface area (Å²) < 4.78 is 6.87. The van der Waals surface area contributed by atoms with Crippen LogP contribution in [0.15, 0.2) is 41.7 Å². The van der Waals surface area contributed by atoms with Crippen molar-refractivity contribution in [1.82, 2.24) is 20.1 Å². The molecule has 10 nitrogen and oxygen atoms in total. The topological polar surface area (TPSA) is 134 Å². The number of nitriles is 1. The van der Waals surface area contributed by atoms with E-state index in [0.29, 0.717) is 23.6 Å². The van der Waals surface area contributed by atoms with E-state index in [1.165, 1.54) is 0 Å². The van der Waals surface area contributed by atoms with Crippen LogP contribution < -0.4 is 10.6 Å². The highest BCUT2D eigenvalue weighted by Crippen LogP contribution is 2.19. The van der Waals surface area contributed by atoms with E-state index in [4.69, 9.17) is 4.74 Å². The van der Waals surface area contributed by atoms with Crippen LogP contribution in [-0.4, -0.2) is 38.6 Å². The highest BCUT2D eigenvalue weighted by Gasteiger charge is 2.20. The molecular weight excluding hydrogens is 482 g/mol. The molecule has 2 aromatic rings. The average molecular weight is 520 g/mol. The third-order valence-electron chi connectivity index (χ3n) is 5.39. The van der Waals surface area contributed by atoms with Gasteiger partial charge in [0, 0.05) is 31.1 Å². The molecule has 38 heavy (non-hydrogen) atoms. The van der Waals surface area contributed by atoms with E-state index in [2.05, 4.69) is 32.3 Å². The Morgan fingerprint density at radius 3 is 2.66 bits per heavy atom. The Morgan fingerprint density at radius 2 is 2.05 bits per heavy atom. The molecule has 10 heteroatoms. The number of hydrogen-bond donors (Lipinski definition) is 2. The molecule has 0 spiro atoms. The Labute approximate surface area is 224 Å². The SMILES string of the molecule is C=C(/C=C\CC)N=CCC(C)n1cc(C(=O)NCc2c(C)cc(NC(=O)OC(C)(C)C)nc2C)c(C#N)n1. The van der Waals surface area contributed by atoms with Gasteiger partial charge in [0.2, 0.25) is 0 Å². The van der Waals surface area contributed by atoms with Crippen LogP contribution in [0.3, 0.4) is 0 Å². The number of aromatic nitrogens is 3. The monoisotopic (exact) mass is 519 g/mol. The molecule has 1 unspecified atom stereocenters. The highest BCUT2D eigenvalue weighted by molar-refractivity contribution is 5.96. The van der Waals surface area contributed by atoms with Crippen LogP contribution in [0.1, 0.15) is 86.4 Å². The summed E-state index contributed by atoms with van der Waals surface area (Å²) in [6.07, 6.45) is 8.03. The molecule has 0 aliphatic carbocycles. The number of hydrogen-bond acceptors (Lipinski definition) is 7. The maximum absolute atomic E-state index is 13.0. The van der Waals surface area contributed by atoms with Gasteiger partial charge in [0.1, 0.15) is 17.5 Å². The molecule has 0 saturated carbocycles. The van der Waals surface area contributed by atoms with Crippen LogP contribution in [0, 0.1) is 25.2 Å². The second-order valence-corrected chi connectivity index (χ2v) is 9.88. The van der Waals surface area contributed by atoms with Gasteiger partial charge in [-0.15, -0.1) is 0 Å². The highest BCUT2D eigenvalue weighted by atomic mass is 16.6. The van der Waals surface area contributed by atoms with Crippen molar-refractivity contribution in [3.05, 3.63) is 64.8 Å². The molecule has 0 saturated heterocycles. The number of ether oxygens (including phenoxy) is 1. The fraction of sp³-hybridized carbons (Fsp3) is 0.429. The summed E-state index contributed by atoms with van der Waals surface area (Å²) in [5.74, 6) is -0.0543. The second-order valence-electron chi connectivity index (χ2n) is 9.88. The van der Waals surface area contributed by atoms with Gasteiger partial charge < -0.3 is 10.1 Å². The number of aryl methyl sites for hydroxylation is 2. The van der Waals surface area contributed by atoms with Crippen LogP contribution in [0.25, 0.3) is 0 Å². The number of nitrogens with zero attached hydrogens (tertiary/aromatic N) is 5. The van der Waals surface area contributed by atoms with Crippen molar-refractivity contribution >= 4 is 24.0 Å². The standard InChI is InChI=1S/C28H37N7O3/c1-9-10-11-19(3)30-13-12-20(4)35-17-23(24(15-29)34-35)26(36)31-16-22-18(2)14-25(32-21(22)5)33-27(37)38-28(6,7)8/h10-11,13-14,17,20H,3,9,12,16H2,1-2,4-8H3,(H,31,36)(H,32,33,37)/b11-10-,30-13?. The molecule has 2 heterocycles. The van der Waals surface area contributed by atoms with Gasteiger partial charge in [0.25, 0.3) is 5.91 Å². The molecule has 0 aliphatic rings. The van der Waals surface area contributed by atoms with E-state index >= 15 is 0 Å². The Bertz CT molecular complexity index is 1250. The summed E-state index contributed by atoms with van der Waals surface area (Å²) in [7, 11) is 0. The molecule has 202 valence electrons. The Hall–Kier alpha value is -4.26. The maximum Gasteiger partial charge on any atom is 0.413 e. The van der Waals surface area contributed by atoms with Crippen molar-refractivity contribution in [1.29, 1.82) is 5.26 Å². The van der Waals surface area contributed by atoms with Gasteiger partial charge >= 0.3 is 6.09 Å². The van der Waals surface area contributed by atoms with Gasteiger partial charge in [-0.1, -0.05) is 19.6 Å². The Balaban J connectivity index is 2.07. The zero-order chi connectivity index (χ0) is 28.5. The first-order chi connectivity index (χ1) is 17.8. The Kier molecular flexibility index (Phi) is 10.5. The quantitative estimate of drug-likeness (QED) is 0.312. The normalized spacial score (nSPS) is 12.4. The summed E-state index contributed by atoms with van der Waals surface area (Å²) in [5.41, 5.74) is 2.56. The van der Waals surface area contributed by atoms with E-state index in [9.17, 15) is 14.9 Å². The lowest BCUT2D eigenvalue weighted by molar-refractivity contribution is 0.0635. The lowest BCUT2D eigenvalue weighted by Crippen LogP contribution is -2.28. The maximum atomic E-state index is 13.0. The first kappa shape index (κ1) is 30.0. The van der Waals surface area contributed by atoms with E-state index in [1.807, 2.05) is 39.0 Å². The number of amides is 2. The van der Waals surface area contributed by atoms with Crippen molar-refractivity contribution in [2.45, 2.75) is 79.5 Å². The molecular formula is C28H37N7O3. The third kappa shape index (κ3) is 9.00. The fourth-order valence-corrected chi connectivity index (χ4v) is 3.46. The lowest BCUT2D eigenvalue weighted by Gasteiger charge is -2.20. The van der Waals surface area contributed by atoms with Gasteiger partial charge in [-0.05, 0) is 71.2 Å². The largest absolute Gasteiger partial charge is 0.444 e. The van der Waals surface area contributed by atoms with Gasteiger partial charge in [-0.25, -0.2) is 9.78 Å². The molecule has 2 aromatic heterocycles. The van der Waals surface area contributed by atoms with E-state index < -0.39 is 17.6 Å². The number of carbonyl (C=O) groups is 2. The number of nitrogens with one attached hydrogen (secondary N) is 2. The van der Waals surface area contributed by atoms with Crippen molar-refractivity contribution in [2.24, 2.45) is 4.99 Å². The predicted molar refractivity (Wildman–Crippen MR) is 148 cm³/mol. The van der Waals surface area contributed by atoms with E-state index in [0.717, 1.165) is 17.5 Å². The number of pyridine rings is 1. The van der Waals surface area contributed by atoms with Crippen molar-refractivity contribution in [2.75, 3.05) is 5.32 Å². The summed E-state index contributed by atoms with van der Waals surface area (Å²) in [5, 5.41) is 19.3. The van der Waals surface area contributed by atoms with Crippen LogP contribution in [0.5, 0.6) is 0 Å². The number of allylic oxidation sites excluding steroid dienone is 2. The van der Waals surface area contributed by atoms with Gasteiger partial charge in [-0.2, -0.15) is 10.4 Å². The number of carbonyl (C=O) groups excluding carboxylic acids is 2. The molecule has 1 atom stereocenters. The smallest absolute Gasteiger partial charge is 0.413 e. The van der Waals surface area contributed by atoms with Crippen LogP contribution in [0.2, 0.25) is 0 Å². The zero-order valence-corrected chi connectivity index (χ0v) is 23.3. The van der Waals surface area contributed by atoms with E-state index in [-0.39, 0.29) is 23.8 Å². The number of aliphatic imine (C=N–C) groups is 1. The fourth-order valence-electron chi connectivity index (χ4n) is 3.46. The van der Waals surface area contributed by atoms with Gasteiger partial charge in [0.05, 0.1) is 17.3 Å². The van der Waals surface area contributed by atoms with Crippen LogP contribution in [-0.2, 0) is 11.3 Å². The number of rotatable bonds is 10. The molecule has 2 N–H and O–H groups in total. The minimum absolute atomic E-state index is 0.0463. The summed E-state index contributed by atoms with van der Waals surface area (Å²) in [6.45, 7) is 17.0. The average Bonchev–Trinajstić information content (AvgIpc) is 3.25. The first-order valence-electron chi connectivity index (χ1n) is 12.5. The third-order valence-corrected chi connectivity index (χ3v) is 5.39. The number of anilines is 1. The Morgan fingerprint density at radius 1 is 1.34 bits per heavy atom. The summed E-state index contributed by atoms with van der Waals surface area (Å²) in [4.78, 5) is 33.7. The second kappa shape index (κ2) is 13.3. The van der Waals surface area contributed by atoms with Crippen LogP contribution >= 0.6 is 0 Å². The predicted octanol–water partition coefficient (Wildman–Crippen LogP) is 5.55. The molecule has 0 aliphatic heterocycles. The molecule has 0 aromatic carbocycles. The van der Waals surface area contributed by atoms with Crippen LogP contribution in [0.4, 0.5) is 10.6 Å². The minimum Gasteiger partial charge on any atom is -0.444 e. The zero-order valence-electron chi connectivity index (χ0n) is 23.3. The molecule has 2 amide bonds. The summed E-state index contributed by atoms with van der Waals surface area (Å²) in [6, 6.07) is 3.60. The van der Waals surface area contributed by atoms with E-state index in [1.54, 1.807) is 50.9 Å². The van der Waals surface area contributed by atoms with Gasteiger partial charge in [0.15, 0.2) is 5.69 Å².